The summed E-state index contributed by atoms with van der Waals surface area (Å²) in [6, 6.07) is 2.31. The van der Waals surface area contributed by atoms with Crippen LogP contribution in [-0.2, 0) is 6.42 Å². The van der Waals surface area contributed by atoms with E-state index in [-0.39, 0.29) is 18.4 Å². The van der Waals surface area contributed by atoms with Crippen LogP contribution in [0, 0.1) is 24.0 Å². The fourth-order valence-electron chi connectivity index (χ4n) is 2.04. The summed E-state index contributed by atoms with van der Waals surface area (Å²) in [5, 5.41) is 3.07. The van der Waals surface area contributed by atoms with Crippen molar-refractivity contribution in [3.8, 4) is 12.3 Å². The lowest BCUT2D eigenvalue weighted by Gasteiger charge is -2.11. The van der Waals surface area contributed by atoms with E-state index in [1.807, 2.05) is 0 Å². The van der Waals surface area contributed by atoms with Crippen molar-refractivity contribution < 1.29 is 8.78 Å². The first-order chi connectivity index (χ1) is 7.22. The molecule has 0 aromatic heterocycles. The van der Waals surface area contributed by atoms with Gasteiger partial charge in [-0.15, -0.1) is 18.8 Å². The lowest BCUT2D eigenvalue weighted by Crippen LogP contribution is -2.19. The van der Waals surface area contributed by atoms with Crippen LogP contribution in [0.15, 0.2) is 12.1 Å². The first kappa shape index (κ1) is 13.0. The zero-order valence-electron chi connectivity index (χ0n) is 8.59. The summed E-state index contributed by atoms with van der Waals surface area (Å²) < 4.78 is 26.3. The second-order valence-corrected chi connectivity index (χ2v) is 3.63. The average Bonchev–Trinajstić information content (AvgIpc) is 2.58. The first-order valence-corrected chi connectivity index (χ1v) is 4.87. The van der Waals surface area contributed by atoms with Gasteiger partial charge in [-0.1, -0.05) is 5.92 Å². The molecule has 0 heterocycles. The molecule has 16 heavy (non-hydrogen) atoms. The summed E-state index contributed by atoms with van der Waals surface area (Å²) in [6.07, 6.45) is 6.54. The molecule has 0 bridgehead atoms. The van der Waals surface area contributed by atoms with E-state index < -0.39 is 11.6 Å². The van der Waals surface area contributed by atoms with Crippen LogP contribution in [0.5, 0.6) is 0 Å². The average molecular weight is 244 g/mol. The number of nitrogens with one attached hydrogen (secondary N) is 1. The van der Waals surface area contributed by atoms with Crippen molar-refractivity contribution in [1.29, 1.82) is 0 Å². The van der Waals surface area contributed by atoms with Crippen molar-refractivity contribution >= 4 is 12.4 Å². The van der Waals surface area contributed by atoms with Gasteiger partial charge in [-0.25, -0.2) is 8.78 Å². The number of fused-ring (bicyclic) bond motifs is 1. The van der Waals surface area contributed by atoms with Crippen molar-refractivity contribution in [2.45, 2.75) is 18.9 Å². The van der Waals surface area contributed by atoms with Gasteiger partial charge in [0.15, 0.2) is 0 Å². The Bertz CT molecular complexity index is 426. The summed E-state index contributed by atoms with van der Waals surface area (Å²) >= 11 is 0. The van der Waals surface area contributed by atoms with Crippen molar-refractivity contribution in [3.63, 3.8) is 0 Å². The van der Waals surface area contributed by atoms with Crippen molar-refractivity contribution in [3.05, 3.63) is 34.9 Å². The summed E-state index contributed by atoms with van der Waals surface area (Å²) in [6.45, 7) is 0.419. The standard InChI is InChI=1S/C12H11F2N.ClH/c1-2-5-15-12-4-3-9-10(12)6-8(13)7-11(9)14;/h1,6-7,12,15H,3-5H2;1H. The van der Waals surface area contributed by atoms with Crippen molar-refractivity contribution in [2.24, 2.45) is 0 Å². The molecule has 0 spiro atoms. The van der Waals surface area contributed by atoms with Gasteiger partial charge in [-0.2, -0.15) is 0 Å². The van der Waals surface area contributed by atoms with Gasteiger partial charge in [0.05, 0.1) is 6.54 Å². The lowest BCUT2D eigenvalue weighted by molar-refractivity contribution is 0.559. The topological polar surface area (TPSA) is 12.0 Å². The zero-order chi connectivity index (χ0) is 10.8. The summed E-state index contributed by atoms with van der Waals surface area (Å²) in [4.78, 5) is 0. The maximum absolute atomic E-state index is 13.3. The molecule has 1 aliphatic rings. The highest BCUT2D eigenvalue weighted by molar-refractivity contribution is 5.85. The highest BCUT2D eigenvalue weighted by Gasteiger charge is 2.25. The molecule has 1 unspecified atom stereocenters. The molecule has 0 aliphatic heterocycles. The fraction of sp³-hybridized carbons (Fsp3) is 0.333. The number of rotatable bonds is 2. The lowest BCUT2D eigenvalue weighted by atomic mass is 10.1. The minimum absolute atomic E-state index is 0. The molecule has 0 saturated heterocycles. The van der Waals surface area contributed by atoms with Crippen molar-refractivity contribution in [1.82, 2.24) is 5.32 Å². The number of halogens is 3. The smallest absolute Gasteiger partial charge is 0.129 e. The minimum atomic E-state index is -0.527. The third-order valence-corrected chi connectivity index (χ3v) is 2.70. The molecule has 2 rings (SSSR count). The second-order valence-electron chi connectivity index (χ2n) is 3.63. The molecule has 1 aromatic rings. The van der Waals surface area contributed by atoms with Crippen LogP contribution >= 0.6 is 12.4 Å². The fourth-order valence-corrected chi connectivity index (χ4v) is 2.04. The summed E-state index contributed by atoms with van der Waals surface area (Å²) in [7, 11) is 0. The van der Waals surface area contributed by atoms with E-state index in [1.54, 1.807) is 0 Å². The minimum Gasteiger partial charge on any atom is -0.299 e. The quantitative estimate of drug-likeness (QED) is 0.788. The number of hydrogen-bond acceptors (Lipinski definition) is 1. The monoisotopic (exact) mass is 243 g/mol. The molecule has 4 heteroatoms. The van der Waals surface area contributed by atoms with E-state index in [1.165, 1.54) is 6.07 Å². The van der Waals surface area contributed by atoms with Gasteiger partial charge in [0, 0.05) is 12.1 Å². The van der Waals surface area contributed by atoms with Gasteiger partial charge in [0.2, 0.25) is 0 Å². The maximum Gasteiger partial charge on any atom is 0.129 e. The molecule has 0 radical (unpaired) electrons. The predicted octanol–water partition coefficient (Wildman–Crippen LogP) is 2.60. The van der Waals surface area contributed by atoms with E-state index in [2.05, 4.69) is 11.2 Å². The molecule has 1 aliphatic carbocycles. The zero-order valence-corrected chi connectivity index (χ0v) is 9.41. The molecule has 1 nitrogen and oxygen atoms in total. The highest BCUT2D eigenvalue weighted by Crippen LogP contribution is 2.33. The SMILES string of the molecule is C#CCNC1CCc2c(F)cc(F)cc21.Cl. The molecule has 0 fully saturated rings. The Morgan fingerprint density at radius 2 is 2.19 bits per heavy atom. The van der Waals surface area contributed by atoms with Crippen LogP contribution in [0.1, 0.15) is 23.6 Å². The van der Waals surface area contributed by atoms with Gasteiger partial charge in [-0.05, 0) is 30.0 Å². The van der Waals surface area contributed by atoms with E-state index in [9.17, 15) is 8.78 Å². The Kier molecular flexibility index (Phi) is 4.28. The van der Waals surface area contributed by atoms with Crippen LogP contribution < -0.4 is 5.32 Å². The molecule has 86 valence electrons. The Morgan fingerprint density at radius 3 is 2.88 bits per heavy atom. The second kappa shape index (κ2) is 5.29. The normalized spacial score (nSPS) is 17.4. The van der Waals surface area contributed by atoms with Crippen LogP contribution in [0.3, 0.4) is 0 Å². The molecule has 1 aromatic carbocycles. The molecular weight excluding hydrogens is 232 g/mol. The van der Waals surface area contributed by atoms with Gasteiger partial charge >= 0.3 is 0 Å². The molecule has 0 amide bonds. The van der Waals surface area contributed by atoms with Crippen LogP contribution in [0.25, 0.3) is 0 Å². The summed E-state index contributed by atoms with van der Waals surface area (Å²) in [5.41, 5.74) is 1.33. The van der Waals surface area contributed by atoms with Gasteiger partial charge in [0.1, 0.15) is 11.6 Å². The summed E-state index contributed by atoms with van der Waals surface area (Å²) in [5.74, 6) is 1.48. The Labute approximate surface area is 99.6 Å². The van der Waals surface area contributed by atoms with Crippen molar-refractivity contribution in [2.75, 3.05) is 6.54 Å². The number of terminal acetylenes is 1. The molecule has 1 N–H and O–H groups in total. The third kappa shape index (κ3) is 2.34. The third-order valence-electron chi connectivity index (χ3n) is 2.70. The Hall–Kier alpha value is -1.11. The predicted molar refractivity (Wildman–Crippen MR) is 61.5 cm³/mol. The van der Waals surface area contributed by atoms with Gasteiger partial charge in [-0.3, -0.25) is 5.32 Å². The van der Waals surface area contributed by atoms with E-state index in [0.29, 0.717) is 24.1 Å². The van der Waals surface area contributed by atoms with Crippen LogP contribution in [0.2, 0.25) is 0 Å². The number of hydrogen-bond donors (Lipinski definition) is 1. The maximum atomic E-state index is 13.3. The van der Waals surface area contributed by atoms with E-state index >= 15 is 0 Å². The highest BCUT2D eigenvalue weighted by atomic mass is 35.5. The van der Waals surface area contributed by atoms with Gasteiger partial charge in [0.25, 0.3) is 0 Å². The Balaban J connectivity index is 0.00000128. The molecule has 0 saturated carbocycles. The van der Waals surface area contributed by atoms with Crippen LogP contribution in [-0.4, -0.2) is 6.54 Å². The van der Waals surface area contributed by atoms with Crippen LogP contribution in [0.4, 0.5) is 8.78 Å². The molecular formula is C12H12ClF2N. The first-order valence-electron chi connectivity index (χ1n) is 4.87. The number of benzene rings is 1. The van der Waals surface area contributed by atoms with E-state index in [4.69, 9.17) is 6.42 Å². The molecule has 1 atom stereocenters. The Morgan fingerprint density at radius 1 is 1.44 bits per heavy atom. The largest absolute Gasteiger partial charge is 0.299 e. The van der Waals surface area contributed by atoms with E-state index in [0.717, 1.165) is 12.5 Å². The van der Waals surface area contributed by atoms with Gasteiger partial charge < -0.3 is 0 Å².